The van der Waals surface area contributed by atoms with Crippen LogP contribution in [0.25, 0.3) is 44.8 Å². The molecule has 8 rings (SSSR count). The Morgan fingerprint density at radius 3 is 2.50 bits per heavy atom. The smallest absolute Gasteiger partial charge is 0.254 e. The van der Waals surface area contributed by atoms with Crippen LogP contribution in [0, 0.1) is 23.5 Å². The van der Waals surface area contributed by atoms with E-state index in [2.05, 4.69) is 4.57 Å². The van der Waals surface area contributed by atoms with Crippen LogP contribution in [-0.2, 0) is 13.6 Å². The van der Waals surface area contributed by atoms with Gasteiger partial charge < -0.3 is 24.9 Å². The fraction of sp³-hybridized carbons (Fsp3) is 0.344. The monoisotopic (exact) mass is 568 g/mol. The summed E-state index contributed by atoms with van der Waals surface area (Å²) in [6.07, 6.45) is 4.31. The minimum absolute atomic E-state index is 0.00781. The van der Waals surface area contributed by atoms with Crippen molar-refractivity contribution >= 4 is 28.0 Å². The van der Waals surface area contributed by atoms with Crippen molar-refractivity contribution in [2.45, 2.75) is 44.3 Å². The zero-order chi connectivity index (χ0) is 28.9. The van der Waals surface area contributed by atoms with Gasteiger partial charge in [-0.25, -0.2) is 18.7 Å². The number of rotatable bonds is 5. The van der Waals surface area contributed by atoms with Crippen LogP contribution in [0.15, 0.2) is 48.5 Å². The Kier molecular flexibility index (Phi) is 5.50. The number of aromatic nitrogens is 4. The van der Waals surface area contributed by atoms with E-state index in [0.717, 1.165) is 78.8 Å². The third-order valence-electron chi connectivity index (χ3n) is 9.47. The fourth-order valence-corrected chi connectivity index (χ4v) is 6.94. The molecule has 42 heavy (non-hydrogen) atoms. The average Bonchev–Trinajstić information content (AvgIpc) is 3.40. The van der Waals surface area contributed by atoms with Crippen molar-refractivity contribution in [1.82, 2.24) is 24.0 Å². The molecule has 2 saturated carbocycles. The van der Waals surface area contributed by atoms with E-state index in [-0.39, 0.29) is 23.6 Å². The first-order chi connectivity index (χ1) is 20.3. The van der Waals surface area contributed by atoms with Crippen molar-refractivity contribution in [1.29, 1.82) is 0 Å². The van der Waals surface area contributed by atoms with Gasteiger partial charge in [0.25, 0.3) is 5.91 Å². The molecule has 214 valence electrons. The third-order valence-corrected chi connectivity index (χ3v) is 9.47. The predicted molar refractivity (Wildman–Crippen MR) is 155 cm³/mol. The molecule has 1 saturated heterocycles. The number of fused-ring (bicyclic) bond motifs is 4. The second kappa shape index (κ2) is 9.09. The van der Waals surface area contributed by atoms with Gasteiger partial charge in [-0.05, 0) is 86.1 Å². The standard InChI is InChI=1S/C32H30F2N6O2/c1-38-25-8-5-18(32(42)40-15-19-6-9-26(40)28(19)35)12-24(25)37-31(38)27-13-17-4-7-23(20-10-21(33)29(41)22(34)11-20)36-30(17)39(27)14-16-2-3-16/h4-5,7-8,10-13,16,19,26,28,41H,2-3,6,9,14-15,35H2,1H3/t19-,26-,28-/m1/s1. The second-order valence-corrected chi connectivity index (χ2v) is 12.1. The first-order valence-corrected chi connectivity index (χ1v) is 14.5. The van der Waals surface area contributed by atoms with Gasteiger partial charge in [-0.3, -0.25) is 4.79 Å². The molecule has 3 N–H and O–H groups in total. The van der Waals surface area contributed by atoms with Crippen molar-refractivity contribution in [3.63, 3.8) is 0 Å². The van der Waals surface area contributed by atoms with Crippen LogP contribution in [0.5, 0.6) is 5.75 Å². The van der Waals surface area contributed by atoms with Gasteiger partial charge in [0.1, 0.15) is 5.65 Å². The Hall–Kier alpha value is -4.31. The molecular formula is C32H30F2N6O2. The Morgan fingerprint density at radius 2 is 1.81 bits per heavy atom. The second-order valence-electron chi connectivity index (χ2n) is 12.1. The number of hydrogen-bond acceptors (Lipinski definition) is 5. The molecule has 1 amide bonds. The first-order valence-electron chi connectivity index (χ1n) is 14.5. The van der Waals surface area contributed by atoms with Crippen LogP contribution in [0.1, 0.15) is 36.0 Å². The number of amides is 1. The van der Waals surface area contributed by atoms with Gasteiger partial charge in [0, 0.05) is 48.7 Å². The zero-order valence-electron chi connectivity index (χ0n) is 23.1. The van der Waals surface area contributed by atoms with Gasteiger partial charge in [-0.15, -0.1) is 0 Å². The maximum absolute atomic E-state index is 14.1. The molecule has 0 spiro atoms. The van der Waals surface area contributed by atoms with Crippen molar-refractivity contribution in [2.24, 2.45) is 24.6 Å². The number of benzene rings is 2. The van der Waals surface area contributed by atoms with Gasteiger partial charge in [0.05, 0.1) is 22.4 Å². The molecule has 10 heteroatoms. The highest BCUT2D eigenvalue weighted by Gasteiger charge is 2.46. The van der Waals surface area contributed by atoms with Gasteiger partial charge in [0.2, 0.25) is 0 Å². The van der Waals surface area contributed by atoms with E-state index in [4.69, 9.17) is 15.7 Å². The van der Waals surface area contributed by atoms with Gasteiger partial charge in [-0.2, -0.15) is 0 Å². The van der Waals surface area contributed by atoms with Crippen LogP contribution < -0.4 is 5.73 Å². The molecule has 3 atom stereocenters. The van der Waals surface area contributed by atoms with Crippen molar-refractivity contribution in [3.8, 4) is 28.5 Å². The van der Waals surface area contributed by atoms with Crippen LogP contribution in [0.2, 0.25) is 0 Å². The zero-order valence-corrected chi connectivity index (χ0v) is 23.1. The first kappa shape index (κ1) is 25.4. The highest BCUT2D eigenvalue weighted by atomic mass is 19.1. The van der Waals surface area contributed by atoms with E-state index < -0.39 is 17.4 Å². The average molecular weight is 569 g/mol. The molecule has 2 aromatic carbocycles. The lowest BCUT2D eigenvalue weighted by atomic mass is 10.1. The fourth-order valence-electron chi connectivity index (χ4n) is 6.94. The lowest BCUT2D eigenvalue weighted by Crippen LogP contribution is -2.41. The number of phenols is 1. The number of imidazole rings is 1. The number of hydrogen-bond donors (Lipinski definition) is 2. The minimum atomic E-state index is -1.03. The number of nitrogens with two attached hydrogens (primary N) is 1. The lowest BCUT2D eigenvalue weighted by molar-refractivity contribution is 0.0701. The van der Waals surface area contributed by atoms with Crippen LogP contribution in [0.4, 0.5) is 8.78 Å². The summed E-state index contributed by atoms with van der Waals surface area (Å²) in [5.41, 5.74) is 10.9. The number of carbonyl (C=O) groups is 1. The topological polar surface area (TPSA) is 102 Å². The van der Waals surface area contributed by atoms with Crippen molar-refractivity contribution in [2.75, 3.05) is 6.54 Å². The summed E-state index contributed by atoms with van der Waals surface area (Å²) in [4.78, 5) is 25.2. The molecule has 3 aliphatic rings. The minimum Gasteiger partial charge on any atom is -0.503 e. The van der Waals surface area contributed by atoms with Gasteiger partial charge in [0.15, 0.2) is 23.2 Å². The third kappa shape index (κ3) is 3.84. The lowest BCUT2D eigenvalue weighted by Gasteiger charge is -2.27. The molecule has 5 aromatic rings. The number of carbonyl (C=O) groups excluding carboxylic acids is 1. The maximum atomic E-state index is 14.1. The number of nitrogens with zero attached hydrogens (tertiary/aromatic N) is 5. The highest BCUT2D eigenvalue weighted by molar-refractivity contribution is 5.98. The van der Waals surface area contributed by atoms with Crippen LogP contribution in [0.3, 0.4) is 0 Å². The molecule has 1 aliphatic heterocycles. The summed E-state index contributed by atoms with van der Waals surface area (Å²) in [7, 11) is 1.96. The summed E-state index contributed by atoms with van der Waals surface area (Å²) in [5.74, 6) is -1.39. The summed E-state index contributed by atoms with van der Waals surface area (Å²) in [5, 5.41) is 10.4. The van der Waals surface area contributed by atoms with E-state index in [1.165, 1.54) is 0 Å². The van der Waals surface area contributed by atoms with Crippen LogP contribution >= 0.6 is 0 Å². The molecule has 3 fully saturated rings. The molecule has 0 unspecified atom stereocenters. The SMILES string of the molecule is Cn1c(-c2cc3ccc(-c4cc(F)c(O)c(F)c4)nc3n2CC2CC2)nc2cc(C(=O)N3C[C@H]4CC[C@@H]3[C@@H]4N)ccc21. The summed E-state index contributed by atoms with van der Waals surface area (Å²) in [6, 6.07) is 13.7. The molecule has 2 bridgehead atoms. The van der Waals surface area contributed by atoms with Gasteiger partial charge in [-0.1, -0.05) is 0 Å². The Bertz CT molecular complexity index is 1900. The number of aromatic hydroxyl groups is 1. The molecule has 2 aliphatic carbocycles. The maximum Gasteiger partial charge on any atom is 0.254 e. The summed E-state index contributed by atoms with van der Waals surface area (Å²) < 4.78 is 32.4. The number of halogens is 2. The van der Waals surface area contributed by atoms with Crippen LogP contribution in [-0.4, -0.2) is 53.6 Å². The molecule has 3 aromatic heterocycles. The number of phenolic OH excluding ortho intramolecular Hbond substituents is 1. The Labute approximate surface area is 240 Å². The molecule has 0 radical (unpaired) electrons. The number of piperidine rings is 1. The predicted octanol–water partition coefficient (Wildman–Crippen LogP) is 5.21. The Morgan fingerprint density at radius 1 is 1.02 bits per heavy atom. The van der Waals surface area contributed by atoms with E-state index in [0.29, 0.717) is 28.7 Å². The molecular weight excluding hydrogens is 538 g/mol. The molecule has 8 nitrogen and oxygen atoms in total. The highest BCUT2D eigenvalue weighted by Crippen LogP contribution is 2.39. The number of likely N-dealkylation sites (tertiary alicyclic amines) is 1. The van der Waals surface area contributed by atoms with E-state index in [9.17, 15) is 18.7 Å². The number of pyridine rings is 1. The normalized spacial score (nSPS) is 21.7. The van der Waals surface area contributed by atoms with E-state index in [1.54, 1.807) is 6.07 Å². The Balaban J connectivity index is 1.21. The quantitative estimate of drug-likeness (QED) is 0.303. The van der Waals surface area contributed by atoms with E-state index >= 15 is 0 Å². The largest absolute Gasteiger partial charge is 0.503 e. The van der Waals surface area contributed by atoms with Gasteiger partial charge >= 0.3 is 0 Å². The molecule has 4 heterocycles. The summed E-state index contributed by atoms with van der Waals surface area (Å²) in [6.45, 7) is 1.47. The summed E-state index contributed by atoms with van der Waals surface area (Å²) >= 11 is 0. The number of aryl methyl sites for hydroxylation is 1. The van der Waals surface area contributed by atoms with Crippen molar-refractivity contribution in [3.05, 3.63) is 65.7 Å². The van der Waals surface area contributed by atoms with Crippen molar-refractivity contribution < 1.29 is 18.7 Å². The van der Waals surface area contributed by atoms with E-state index in [1.807, 2.05) is 46.8 Å².